The second kappa shape index (κ2) is 15.3. The molecule has 1 atom stereocenters. The van der Waals surface area contributed by atoms with E-state index in [-0.39, 0.29) is 24.3 Å². The monoisotopic (exact) mass is 562 g/mol. The number of carbonyl (C=O) groups excluding carboxylic acids is 2. The van der Waals surface area contributed by atoms with Crippen molar-refractivity contribution in [2.75, 3.05) is 13.7 Å². The molecule has 2 amide bonds. The molecule has 0 unspecified atom stereocenters. The SMILES string of the molecule is COc1cccc(CN(C(=O)CCCOc2ccc(Cl)cc2)[C@H](Cc2ccccc2)C(=O)NC2CCCCC2)c1. The summed E-state index contributed by atoms with van der Waals surface area (Å²) < 4.78 is 11.2. The van der Waals surface area contributed by atoms with Crippen LogP contribution in [0, 0.1) is 0 Å². The molecule has 6 nitrogen and oxygen atoms in total. The fourth-order valence-corrected chi connectivity index (χ4v) is 5.28. The molecular formula is C33H39ClN2O4. The van der Waals surface area contributed by atoms with Crippen molar-refractivity contribution in [3.8, 4) is 11.5 Å². The molecule has 1 aliphatic rings. The molecule has 1 saturated carbocycles. The zero-order valence-electron chi connectivity index (χ0n) is 23.2. The lowest BCUT2D eigenvalue weighted by Gasteiger charge is -2.33. The summed E-state index contributed by atoms with van der Waals surface area (Å²) in [6.45, 7) is 0.696. The zero-order valence-corrected chi connectivity index (χ0v) is 23.9. The van der Waals surface area contributed by atoms with E-state index in [4.69, 9.17) is 21.1 Å². The van der Waals surface area contributed by atoms with Crippen molar-refractivity contribution < 1.29 is 19.1 Å². The largest absolute Gasteiger partial charge is 0.497 e. The van der Waals surface area contributed by atoms with Crippen LogP contribution in [0.5, 0.6) is 11.5 Å². The summed E-state index contributed by atoms with van der Waals surface area (Å²) >= 11 is 5.96. The summed E-state index contributed by atoms with van der Waals surface area (Å²) in [6, 6.07) is 24.3. The Balaban J connectivity index is 1.53. The van der Waals surface area contributed by atoms with Crippen molar-refractivity contribution in [1.82, 2.24) is 10.2 Å². The third-order valence-electron chi connectivity index (χ3n) is 7.33. The Kier molecular flexibility index (Phi) is 11.3. The normalized spacial score (nSPS) is 14.2. The highest BCUT2D eigenvalue weighted by molar-refractivity contribution is 6.30. The predicted molar refractivity (Wildman–Crippen MR) is 159 cm³/mol. The van der Waals surface area contributed by atoms with E-state index in [1.54, 1.807) is 24.1 Å². The predicted octanol–water partition coefficient (Wildman–Crippen LogP) is 6.60. The van der Waals surface area contributed by atoms with Crippen molar-refractivity contribution in [3.05, 3.63) is 95.0 Å². The second-order valence-corrected chi connectivity index (χ2v) is 10.8. The highest BCUT2D eigenvalue weighted by Crippen LogP contribution is 2.22. The van der Waals surface area contributed by atoms with Gasteiger partial charge in [0.1, 0.15) is 17.5 Å². The Labute approximate surface area is 242 Å². The van der Waals surface area contributed by atoms with E-state index < -0.39 is 6.04 Å². The van der Waals surface area contributed by atoms with E-state index >= 15 is 0 Å². The Morgan fingerprint density at radius 2 is 1.65 bits per heavy atom. The molecule has 3 aromatic rings. The molecule has 212 valence electrons. The van der Waals surface area contributed by atoms with Crippen molar-refractivity contribution >= 4 is 23.4 Å². The van der Waals surface area contributed by atoms with Crippen LogP contribution in [0.15, 0.2) is 78.9 Å². The van der Waals surface area contributed by atoms with Gasteiger partial charge in [0.25, 0.3) is 0 Å². The summed E-state index contributed by atoms with van der Waals surface area (Å²) in [5.41, 5.74) is 1.93. The average molecular weight is 563 g/mol. The minimum Gasteiger partial charge on any atom is -0.497 e. The Hall–Kier alpha value is -3.51. The minimum absolute atomic E-state index is 0.0812. The molecule has 4 rings (SSSR count). The molecule has 0 bridgehead atoms. The molecule has 40 heavy (non-hydrogen) atoms. The molecule has 1 aliphatic carbocycles. The average Bonchev–Trinajstić information content (AvgIpc) is 2.99. The van der Waals surface area contributed by atoms with E-state index in [1.807, 2.05) is 66.7 Å². The summed E-state index contributed by atoms with van der Waals surface area (Å²) in [5.74, 6) is 1.25. The van der Waals surface area contributed by atoms with Gasteiger partial charge in [0.15, 0.2) is 0 Å². The van der Waals surface area contributed by atoms with Gasteiger partial charge in [-0.05, 0) is 66.8 Å². The first-order valence-electron chi connectivity index (χ1n) is 14.2. The lowest BCUT2D eigenvalue weighted by atomic mass is 9.94. The van der Waals surface area contributed by atoms with E-state index in [0.29, 0.717) is 42.5 Å². The fourth-order valence-electron chi connectivity index (χ4n) is 5.15. The molecule has 0 radical (unpaired) electrons. The Morgan fingerprint density at radius 1 is 0.925 bits per heavy atom. The van der Waals surface area contributed by atoms with Crippen LogP contribution in [0.25, 0.3) is 0 Å². The van der Waals surface area contributed by atoms with Crippen LogP contribution in [0.4, 0.5) is 0 Å². The smallest absolute Gasteiger partial charge is 0.243 e. The first-order valence-corrected chi connectivity index (χ1v) is 14.5. The lowest BCUT2D eigenvalue weighted by molar-refractivity contribution is -0.141. The number of nitrogens with one attached hydrogen (secondary N) is 1. The standard InChI is InChI=1S/C33H39ClN2O4/c1-39-30-15-8-12-26(22-30)24-36(32(37)16-9-21-40-29-19-17-27(34)18-20-29)31(23-25-10-4-2-5-11-25)33(38)35-28-13-6-3-7-14-28/h2,4-5,8,10-12,15,17-20,22,28,31H,3,6-7,9,13-14,16,21,23-24H2,1H3,(H,35,38)/t31-/m1/s1. The van der Waals surface area contributed by atoms with Crippen LogP contribution in [-0.4, -0.2) is 42.5 Å². The molecule has 0 aliphatic heterocycles. The Morgan fingerprint density at radius 3 is 2.38 bits per heavy atom. The summed E-state index contributed by atoms with van der Waals surface area (Å²) in [6.07, 6.45) is 6.64. The van der Waals surface area contributed by atoms with Gasteiger partial charge < -0.3 is 19.7 Å². The van der Waals surface area contributed by atoms with Gasteiger partial charge in [-0.1, -0.05) is 73.3 Å². The molecule has 3 aromatic carbocycles. The van der Waals surface area contributed by atoms with Gasteiger partial charge in [0, 0.05) is 30.5 Å². The molecular weight excluding hydrogens is 524 g/mol. The van der Waals surface area contributed by atoms with E-state index in [1.165, 1.54) is 6.42 Å². The summed E-state index contributed by atoms with van der Waals surface area (Å²) in [4.78, 5) is 29.4. The molecule has 0 spiro atoms. The highest BCUT2D eigenvalue weighted by Gasteiger charge is 2.31. The van der Waals surface area contributed by atoms with E-state index in [9.17, 15) is 9.59 Å². The number of carbonyl (C=O) groups is 2. The van der Waals surface area contributed by atoms with Gasteiger partial charge >= 0.3 is 0 Å². The fraction of sp³-hybridized carbons (Fsp3) is 0.394. The summed E-state index contributed by atoms with van der Waals surface area (Å²) in [7, 11) is 1.62. The number of halogens is 1. The third-order valence-corrected chi connectivity index (χ3v) is 7.58. The van der Waals surface area contributed by atoms with Gasteiger partial charge in [0.2, 0.25) is 11.8 Å². The summed E-state index contributed by atoms with van der Waals surface area (Å²) in [5, 5.41) is 3.93. The maximum atomic E-state index is 13.9. The number of nitrogens with zero attached hydrogens (tertiary/aromatic N) is 1. The van der Waals surface area contributed by atoms with Crippen molar-refractivity contribution in [2.45, 2.75) is 70.0 Å². The first-order chi connectivity index (χ1) is 19.5. The van der Waals surface area contributed by atoms with Crippen LogP contribution in [0.1, 0.15) is 56.1 Å². The van der Waals surface area contributed by atoms with Crippen LogP contribution < -0.4 is 14.8 Å². The zero-order chi connectivity index (χ0) is 28.2. The maximum absolute atomic E-state index is 13.9. The number of hydrogen-bond acceptors (Lipinski definition) is 4. The van der Waals surface area contributed by atoms with Gasteiger partial charge in [-0.25, -0.2) is 0 Å². The van der Waals surface area contributed by atoms with Crippen molar-refractivity contribution in [2.24, 2.45) is 0 Å². The van der Waals surface area contributed by atoms with Crippen molar-refractivity contribution in [1.29, 1.82) is 0 Å². The van der Waals surface area contributed by atoms with Gasteiger partial charge in [-0.15, -0.1) is 0 Å². The third kappa shape index (κ3) is 9.02. The molecule has 1 fully saturated rings. The molecule has 0 aromatic heterocycles. The topological polar surface area (TPSA) is 67.9 Å². The van der Waals surface area contributed by atoms with Gasteiger partial charge in [-0.3, -0.25) is 9.59 Å². The maximum Gasteiger partial charge on any atom is 0.243 e. The van der Waals surface area contributed by atoms with Crippen LogP contribution in [-0.2, 0) is 22.6 Å². The molecule has 7 heteroatoms. The van der Waals surface area contributed by atoms with E-state index in [0.717, 1.165) is 36.8 Å². The number of rotatable bonds is 13. The number of methoxy groups -OCH3 is 1. The van der Waals surface area contributed by atoms with Crippen LogP contribution >= 0.6 is 11.6 Å². The first kappa shape index (κ1) is 29.5. The molecule has 1 N–H and O–H groups in total. The highest BCUT2D eigenvalue weighted by atomic mass is 35.5. The number of hydrogen-bond donors (Lipinski definition) is 1. The lowest BCUT2D eigenvalue weighted by Crippen LogP contribution is -2.52. The number of ether oxygens (including phenoxy) is 2. The quantitative estimate of drug-likeness (QED) is 0.238. The Bertz CT molecular complexity index is 1210. The number of amides is 2. The van der Waals surface area contributed by atoms with Gasteiger partial charge in [-0.2, -0.15) is 0 Å². The van der Waals surface area contributed by atoms with Gasteiger partial charge in [0.05, 0.1) is 13.7 Å². The van der Waals surface area contributed by atoms with Crippen molar-refractivity contribution in [3.63, 3.8) is 0 Å². The molecule has 0 heterocycles. The minimum atomic E-state index is -0.639. The van der Waals surface area contributed by atoms with Crippen LogP contribution in [0.3, 0.4) is 0 Å². The van der Waals surface area contributed by atoms with Crippen LogP contribution in [0.2, 0.25) is 5.02 Å². The number of benzene rings is 3. The molecule has 0 saturated heterocycles. The second-order valence-electron chi connectivity index (χ2n) is 10.3. The van der Waals surface area contributed by atoms with E-state index in [2.05, 4.69) is 5.32 Å².